The quantitative estimate of drug-likeness (QED) is 0.426. The number of carbonyl (C=O) groups is 1. The zero-order chi connectivity index (χ0) is 24.3. The van der Waals surface area contributed by atoms with Crippen LogP contribution in [0.4, 0.5) is 0 Å². The fourth-order valence-electron chi connectivity index (χ4n) is 4.57. The van der Waals surface area contributed by atoms with Crippen LogP contribution in [0.3, 0.4) is 0 Å². The highest BCUT2D eigenvalue weighted by molar-refractivity contribution is 7.89. The number of aryl methyl sites for hydroxylation is 3. The molecule has 0 spiro atoms. The molecule has 1 fully saturated rings. The van der Waals surface area contributed by atoms with Crippen molar-refractivity contribution < 1.29 is 13.2 Å². The van der Waals surface area contributed by atoms with Gasteiger partial charge in [-0.2, -0.15) is 4.72 Å². The molecule has 1 atom stereocenters. The maximum absolute atomic E-state index is 13.5. The second kappa shape index (κ2) is 10.1. The molecule has 2 aromatic carbocycles. The van der Waals surface area contributed by atoms with Gasteiger partial charge >= 0.3 is 0 Å². The molecule has 1 heterocycles. The van der Waals surface area contributed by atoms with Crippen molar-refractivity contribution in [3.05, 3.63) is 64.2 Å². The summed E-state index contributed by atoms with van der Waals surface area (Å²) in [6, 6.07) is 9.75. The van der Waals surface area contributed by atoms with E-state index in [9.17, 15) is 13.2 Å². The van der Waals surface area contributed by atoms with Gasteiger partial charge in [0.1, 0.15) is 11.9 Å². The Labute approximate surface area is 196 Å². The molecule has 4 N–H and O–H groups in total. The molecule has 178 valence electrons. The Morgan fingerprint density at radius 3 is 2.33 bits per heavy atom. The molecule has 33 heavy (non-hydrogen) atoms. The first kappa shape index (κ1) is 24.9. The minimum Gasteiger partial charge on any atom is -0.384 e. The van der Waals surface area contributed by atoms with Gasteiger partial charge in [-0.1, -0.05) is 42.8 Å². The van der Waals surface area contributed by atoms with Gasteiger partial charge in [-0.05, 0) is 68.7 Å². The third-order valence-corrected chi connectivity index (χ3v) is 8.02. The fraction of sp³-hybridized carbons (Fsp3) is 0.440. The van der Waals surface area contributed by atoms with E-state index < -0.39 is 16.1 Å². The first-order valence-corrected chi connectivity index (χ1v) is 12.8. The molecule has 8 heteroatoms. The van der Waals surface area contributed by atoms with Crippen LogP contribution < -0.4 is 10.5 Å². The van der Waals surface area contributed by atoms with Crippen molar-refractivity contribution in [2.45, 2.75) is 57.9 Å². The van der Waals surface area contributed by atoms with Gasteiger partial charge in [0.05, 0.1) is 4.90 Å². The largest absolute Gasteiger partial charge is 0.384 e. The monoisotopic (exact) mass is 470 g/mol. The lowest BCUT2D eigenvalue weighted by Gasteiger charge is -2.33. The van der Waals surface area contributed by atoms with E-state index in [0.29, 0.717) is 35.7 Å². The molecule has 0 bridgehead atoms. The number of nitrogen functional groups attached to an aromatic ring is 1. The summed E-state index contributed by atoms with van der Waals surface area (Å²) < 4.78 is 29.6. The molecule has 0 unspecified atom stereocenters. The number of hydrogen-bond donors (Lipinski definition) is 3. The van der Waals surface area contributed by atoms with E-state index in [1.54, 1.807) is 36.9 Å². The lowest BCUT2D eigenvalue weighted by molar-refractivity contribution is -0.134. The van der Waals surface area contributed by atoms with Gasteiger partial charge in [-0.3, -0.25) is 10.2 Å². The Bertz CT molecular complexity index is 1130. The lowest BCUT2D eigenvalue weighted by atomic mass is 9.97. The minimum atomic E-state index is -3.94. The maximum atomic E-state index is 13.5. The van der Waals surface area contributed by atoms with Gasteiger partial charge in [0.15, 0.2) is 0 Å². The number of benzene rings is 2. The summed E-state index contributed by atoms with van der Waals surface area (Å²) in [4.78, 5) is 15.5. The summed E-state index contributed by atoms with van der Waals surface area (Å²) in [5.41, 5.74) is 9.19. The van der Waals surface area contributed by atoms with E-state index in [1.165, 1.54) is 0 Å². The van der Waals surface area contributed by atoms with E-state index in [0.717, 1.165) is 24.0 Å². The average Bonchev–Trinajstić information content (AvgIpc) is 2.72. The molecule has 1 aliphatic rings. The van der Waals surface area contributed by atoms with Crippen LogP contribution in [0.5, 0.6) is 0 Å². The summed E-state index contributed by atoms with van der Waals surface area (Å²) in [7, 11) is -3.94. The number of rotatable bonds is 7. The Morgan fingerprint density at radius 2 is 1.76 bits per heavy atom. The van der Waals surface area contributed by atoms with Crippen LogP contribution >= 0.6 is 0 Å². The van der Waals surface area contributed by atoms with Crippen molar-refractivity contribution in [1.82, 2.24) is 9.62 Å². The number of amidine groups is 1. The molecule has 1 aliphatic heterocycles. The third kappa shape index (κ3) is 6.00. The molecule has 1 amide bonds. The third-order valence-electron chi connectivity index (χ3n) is 6.24. The number of hydrogen-bond acceptors (Lipinski definition) is 4. The number of nitrogens with one attached hydrogen (secondary N) is 2. The maximum Gasteiger partial charge on any atom is 0.241 e. The SMILES string of the molecule is Cc1cc(C)c(S(=O)(=O)N[C@@H](Cc2cccc(C(=N)N)c2)C(=O)N2CCC(C)CC2)c(C)c1. The minimum absolute atomic E-state index is 0.0729. The molecule has 0 aliphatic carbocycles. The Balaban J connectivity index is 1.95. The zero-order valence-corrected chi connectivity index (χ0v) is 20.6. The van der Waals surface area contributed by atoms with Gasteiger partial charge in [0.2, 0.25) is 15.9 Å². The predicted molar refractivity (Wildman–Crippen MR) is 131 cm³/mol. The highest BCUT2D eigenvalue weighted by Gasteiger charge is 2.32. The van der Waals surface area contributed by atoms with Gasteiger partial charge < -0.3 is 10.6 Å². The number of carbonyl (C=O) groups excluding carboxylic acids is 1. The lowest BCUT2D eigenvalue weighted by Crippen LogP contribution is -2.51. The van der Waals surface area contributed by atoms with E-state index in [1.807, 2.05) is 25.1 Å². The number of piperidine rings is 1. The van der Waals surface area contributed by atoms with Crippen molar-refractivity contribution in [1.29, 1.82) is 5.41 Å². The normalized spacial score (nSPS) is 15.9. The molecule has 7 nitrogen and oxygen atoms in total. The number of nitrogens with zero attached hydrogens (tertiary/aromatic N) is 1. The molecule has 1 saturated heterocycles. The van der Waals surface area contributed by atoms with Gasteiger partial charge in [-0.25, -0.2) is 8.42 Å². The van der Waals surface area contributed by atoms with Crippen LogP contribution in [0.1, 0.15) is 47.6 Å². The first-order valence-electron chi connectivity index (χ1n) is 11.3. The van der Waals surface area contributed by atoms with Gasteiger partial charge in [0, 0.05) is 18.7 Å². The molecule has 3 rings (SSSR count). The van der Waals surface area contributed by atoms with Crippen molar-refractivity contribution in [2.75, 3.05) is 13.1 Å². The van der Waals surface area contributed by atoms with Crippen LogP contribution in [0, 0.1) is 32.1 Å². The average molecular weight is 471 g/mol. The highest BCUT2D eigenvalue weighted by Crippen LogP contribution is 2.23. The van der Waals surface area contributed by atoms with Crippen molar-refractivity contribution in [2.24, 2.45) is 11.7 Å². The number of sulfonamides is 1. The van der Waals surface area contributed by atoms with Crippen LogP contribution in [-0.4, -0.2) is 44.2 Å². The Morgan fingerprint density at radius 1 is 1.15 bits per heavy atom. The van der Waals surface area contributed by atoms with Crippen LogP contribution in [0.15, 0.2) is 41.3 Å². The molecule has 2 aromatic rings. The number of likely N-dealkylation sites (tertiary alicyclic amines) is 1. The van der Waals surface area contributed by atoms with Crippen molar-refractivity contribution >= 4 is 21.8 Å². The van der Waals surface area contributed by atoms with E-state index in [-0.39, 0.29) is 23.1 Å². The topological polar surface area (TPSA) is 116 Å². The van der Waals surface area contributed by atoms with E-state index >= 15 is 0 Å². The second-order valence-corrected chi connectivity index (χ2v) is 10.9. The van der Waals surface area contributed by atoms with Crippen molar-refractivity contribution in [3.8, 4) is 0 Å². The molecular formula is C25H34N4O3S. The summed E-state index contributed by atoms with van der Waals surface area (Å²) in [6.45, 7) is 8.87. The number of amides is 1. The summed E-state index contributed by atoms with van der Waals surface area (Å²) in [5.74, 6) is 0.256. The van der Waals surface area contributed by atoms with Gasteiger partial charge in [0.25, 0.3) is 0 Å². The van der Waals surface area contributed by atoms with Crippen LogP contribution in [-0.2, 0) is 21.2 Å². The summed E-state index contributed by atoms with van der Waals surface area (Å²) in [5, 5.41) is 7.69. The van der Waals surface area contributed by atoms with Crippen LogP contribution in [0.2, 0.25) is 0 Å². The van der Waals surface area contributed by atoms with Crippen LogP contribution in [0.25, 0.3) is 0 Å². The second-order valence-electron chi connectivity index (χ2n) is 9.23. The molecular weight excluding hydrogens is 436 g/mol. The predicted octanol–water partition coefficient (Wildman–Crippen LogP) is 3.04. The van der Waals surface area contributed by atoms with Crippen molar-refractivity contribution in [3.63, 3.8) is 0 Å². The highest BCUT2D eigenvalue weighted by atomic mass is 32.2. The Kier molecular flexibility index (Phi) is 7.59. The molecule has 0 radical (unpaired) electrons. The Hall–Kier alpha value is -2.71. The molecule has 0 saturated carbocycles. The smallest absolute Gasteiger partial charge is 0.241 e. The van der Waals surface area contributed by atoms with Gasteiger partial charge in [-0.15, -0.1) is 0 Å². The summed E-state index contributed by atoms with van der Waals surface area (Å²) in [6.07, 6.45) is 1.98. The van der Waals surface area contributed by atoms with E-state index in [2.05, 4.69) is 11.6 Å². The zero-order valence-electron chi connectivity index (χ0n) is 19.8. The fourth-order valence-corrected chi connectivity index (χ4v) is 6.21. The summed E-state index contributed by atoms with van der Waals surface area (Å²) >= 11 is 0. The number of nitrogens with two attached hydrogens (primary N) is 1. The molecule has 0 aromatic heterocycles. The standard InChI is InChI=1S/C25H34N4O3S/c1-16-8-10-29(11-9-16)25(30)22(15-20-6-5-7-21(14-20)24(26)27)28-33(31,32)23-18(3)12-17(2)13-19(23)4/h5-7,12-14,16,22,28H,8-11,15H2,1-4H3,(H3,26,27)/t22-/m0/s1. The first-order chi connectivity index (χ1) is 15.5. The van der Waals surface area contributed by atoms with E-state index in [4.69, 9.17) is 11.1 Å².